The zero-order valence-electron chi connectivity index (χ0n) is 80.8. The van der Waals surface area contributed by atoms with E-state index >= 15 is 0 Å². The Bertz CT molecular complexity index is 2220. The highest BCUT2D eigenvalue weighted by atomic mass is 16.6. The van der Waals surface area contributed by atoms with E-state index in [1.165, 1.54) is 283 Å². The molecule has 2 rings (SSSR count). The van der Waals surface area contributed by atoms with Crippen LogP contribution in [0.3, 0.4) is 0 Å². The van der Waals surface area contributed by atoms with Gasteiger partial charge in [0.05, 0.1) is 39.6 Å². The Balaban J connectivity index is 2.16. The largest absolute Gasteiger partial charge is 0.465 e. The number of aliphatic hydroxyl groups is 2. The van der Waals surface area contributed by atoms with Crippen molar-refractivity contribution in [1.29, 1.82) is 0 Å². The highest BCUT2D eigenvalue weighted by Crippen LogP contribution is 2.32. The highest BCUT2D eigenvalue weighted by molar-refractivity contribution is 5.71. The Hall–Kier alpha value is -2.36. The summed E-state index contributed by atoms with van der Waals surface area (Å²) in [5, 5.41) is 19.8. The second-order valence-electron chi connectivity index (χ2n) is 38.6. The number of ether oxygens (including phenoxy) is 4. The fourth-order valence-electron chi connectivity index (χ4n) is 19.0. The summed E-state index contributed by atoms with van der Waals surface area (Å²) in [5.41, 5.74) is 0. The van der Waals surface area contributed by atoms with Crippen molar-refractivity contribution in [2.75, 3.05) is 105 Å². The van der Waals surface area contributed by atoms with Crippen molar-refractivity contribution in [3.8, 4) is 0 Å². The number of hydrogen-bond acceptors (Lipinski definition) is 14. The number of esters is 4. The Kier molecular flexibility index (Phi) is 78.2. The average Bonchev–Trinajstić information content (AvgIpc) is 0.876. The third-order valence-corrected chi connectivity index (χ3v) is 27.7. The third-order valence-electron chi connectivity index (χ3n) is 27.7. The van der Waals surface area contributed by atoms with Crippen molar-refractivity contribution >= 4 is 23.9 Å². The maximum Gasteiger partial charge on any atom is 0.306 e. The van der Waals surface area contributed by atoms with E-state index in [-0.39, 0.29) is 48.9 Å². The summed E-state index contributed by atoms with van der Waals surface area (Å²) in [6, 6.07) is 1.24. The molecule has 0 bridgehead atoms. The van der Waals surface area contributed by atoms with E-state index in [1.54, 1.807) is 0 Å². The van der Waals surface area contributed by atoms with Crippen molar-refractivity contribution in [3.63, 3.8) is 0 Å². The molecular formula is C105H204N4O10. The Morgan fingerprint density at radius 2 is 0.479 bits per heavy atom. The molecule has 0 aliphatic heterocycles. The molecule has 0 amide bonds. The summed E-state index contributed by atoms with van der Waals surface area (Å²) in [6.45, 7) is 32.0. The molecule has 14 heteroatoms. The number of carbonyl (C=O) groups is 4. The lowest BCUT2D eigenvalue weighted by atomic mass is 9.87. The summed E-state index contributed by atoms with van der Waals surface area (Å²) in [4.78, 5) is 66.3. The molecule has 7 unspecified atom stereocenters. The van der Waals surface area contributed by atoms with Crippen LogP contribution >= 0.6 is 0 Å². The maximum atomic E-state index is 14.2. The Labute approximate surface area is 738 Å². The van der Waals surface area contributed by atoms with E-state index in [1.807, 2.05) is 0 Å². The van der Waals surface area contributed by atoms with Gasteiger partial charge in [-0.05, 0) is 171 Å². The first-order valence-corrected chi connectivity index (χ1v) is 53.1. The number of hydrogen-bond donors (Lipinski definition) is 2. The van der Waals surface area contributed by atoms with Crippen LogP contribution in [0, 0.1) is 41.4 Å². The third kappa shape index (κ3) is 64.9. The van der Waals surface area contributed by atoms with Gasteiger partial charge in [-0.15, -0.1) is 0 Å². The molecule has 0 radical (unpaired) electrons. The van der Waals surface area contributed by atoms with E-state index < -0.39 is 0 Å². The fourth-order valence-corrected chi connectivity index (χ4v) is 19.0. The summed E-state index contributed by atoms with van der Waals surface area (Å²) < 4.78 is 25.2. The minimum absolute atomic E-state index is 0.0221. The van der Waals surface area contributed by atoms with Crippen molar-refractivity contribution in [1.82, 2.24) is 19.6 Å². The van der Waals surface area contributed by atoms with Gasteiger partial charge in [-0.3, -0.25) is 29.0 Å². The molecule has 0 saturated heterocycles. The number of rotatable bonds is 93. The minimum atomic E-state index is -0.0819. The van der Waals surface area contributed by atoms with Crippen LogP contribution in [0.1, 0.15) is 493 Å². The van der Waals surface area contributed by atoms with Gasteiger partial charge in [0.1, 0.15) is 0 Å². The number of unbranched alkanes of at least 4 members (excludes halogenated alkanes) is 32. The first-order valence-electron chi connectivity index (χ1n) is 53.1. The molecular weight excluding hydrogens is 1480 g/mol. The van der Waals surface area contributed by atoms with E-state index in [2.05, 4.69) is 81.9 Å². The van der Waals surface area contributed by atoms with Crippen LogP contribution in [0.4, 0.5) is 0 Å². The molecule has 0 heterocycles. The van der Waals surface area contributed by atoms with Gasteiger partial charge >= 0.3 is 23.9 Å². The van der Waals surface area contributed by atoms with Crippen LogP contribution in [0.2, 0.25) is 0 Å². The Morgan fingerprint density at radius 1 is 0.244 bits per heavy atom. The lowest BCUT2D eigenvalue weighted by Crippen LogP contribution is -2.45. The predicted octanol–water partition coefficient (Wildman–Crippen LogP) is 27.7. The molecule has 7 atom stereocenters. The number of carbonyl (C=O) groups excluding carboxylic acids is 4. The molecule has 0 aromatic rings. The van der Waals surface area contributed by atoms with Gasteiger partial charge in [-0.25, -0.2) is 0 Å². The molecule has 119 heavy (non-hydrogen) atoms. The molecule has 2 aliphatic rings. The maximum absolute atomic E-state index is 14.2. The van der Waals surface area contributed by atoms with Gasteiger partial charge in [0, 0.05) is 88.9 Å². The molecule has 14 nitrogen and oxygen atoms in total. The molecule has 0 spiro atoms. The van der Waals surface area contributed by atoms with Crippen molar-refractivity contribution in [2.24, 2.45) is 41.4 Å². The molecule has 2 fully saturated rings. The monoisotopic (exact) mass is 1680 g/mol. The van der Waals surface area contributed by atoms with E-state index in [4.69, 9.17) is 18.9 Å². The minimum Gasteiger partial charge on any atom is -0.465 e. The summed E-state index contributed by atoms with van der Waals surface area (Å²) >= 11 is 0. The van der Waals surface area contributed by atoms with Crippen LogP contribution in [0.5, 0.6) is 0 Å². The van der Waals surface area contributed by atoms with Crippen molar-refractivity contribution in [2.45, 2.75) is 505 Å². The zero-order chi connectivity index (χ0) is 86.3. The molecule has 0 aromatic carbocycles. The zero-order valence-corrected chi connectivity index (χ0v) is 80.8. The van der Waals surface area contributed by atoms with Gasteiger partial charge in [0.25, 0.3) is 0 Å². The topological polar surface area (TPSA) is 159 Å². The lowest BCUT2D eigenvalue weighted by molar-refractivity contribution is -0.152. The second kappa shape index (κ2) is 82.6. The molecule has 2 aliphatic carbocycles. The quantitative estimate of drug-likeness (QED) is 0.0337. The fraction of sp³-hybridized carbons (Fsp3) is 0.962. The Morgan fingerprint density at radius 3 is 0.748 bits per heavy atom. The second-order valence-corrected chi connectivity index (χ2v) is 38.6. The molecule has 2 saturated carbocycles. The first-order chi connectivity index (χ1) is 58.3. The van der Waals surface area contributed by atoms with Gasteiger partial charge in [0.2, 0.25) is 0 Å². The first kappa shape index (κ1) is 113. The lowest BCUT2D eigenvalue weighted by Gasteiger charge is -2.38. The van der Waals surface area contributed by atoms with Crippen LogP contribution < -0.4 is 0 Å². The van der Waals surface area contributed by atoms with Gasteiger partial charge in [-0.2, -0.15) is 0 Å². The van der Waals surface area contributed by atoms with Crippen LogP contribution in [-0.2, 0) is 38.1 Å². The molecule has 704 valence electrons. The van der Waals surface area contributed by atoms with Gasteiger partial charge in [-0.1, -0.05) is 351 Å². The van der Waals surface area contributed by atoms with Crippen LogP contribution in [0.25, 0.3) is 0 Å². The predicted molar refractivity (Wildman–Crippen MR) is 506 cm³/mol. The van der Waals surface area contributed by atoms with E-state index in [9.17, 15) is 29.4 Å². The van der Waals surface area contributed by atoms with E-state index in [0.717, 1.165) is 187 Å². The number of nitrogens with zero attached hydrogens (tertiary/aromatic N) is 4. The van der Waals surface area contributed by atoms with Gasteiger partial charge < -0.3 is 39.0 Å². The van der Waals surface area contributed by atoms with Gasteiger partial charge in [0.15, 0.2) is 0 Å². The normalized spacial score (nSPS) is 15.2. The molecule has 0 aromatic heterocycles. The van der Waals surface area contributed by atoms with Crippen LogP contribution in [-0.4, -0.2) is 171 Å². The smallest absolute Gasteiger partial charge is 0.306 e. The van der Waals surface area contributed by atoms with E-state index in [0.29, 0.717) is 93.8 Å². The average molecular weight is 1680 g/mol. The molecule has 2 N–H and O–H groups in total. The summed E-state index contributed by atoms with van der Waals surface area (Å²) in [5.74, 6) is 1.70. The standard InChI is InChI=1S/C105H204N4O10/c1-10-19-26-32-36-45-60-94(58-42-30-23-14-5)85-102(112)116-89-98(65-50-52-75-106(73-17-8)77-79-108(81-83-110)100-69-55-70-100)90-118-104(114)87-96(62-47-38-34-28-21-12-3)63-49-41-40-44-57-93(18-9)67-54-68-97(64-48-39-35-29-22-13-4)88-105(115)119-92-99(66-51-53-76-107(74-25-16-7)78-80-109(82-84-111)101-71-56-72-101)91-117-103(113)86-95(59-43-31-24-15-6)61-46-37-33-27-20-11-2/h93-101,110-111H,10-92H2,1-9H3. The SMILES string of the molecule is CCCCCCCCC(CCCCCC)CC(=O)OCC(CCCCN(CCC)CCN(CCO)C1CCC1)COC(=O)CC(CCCCCCCC)CCCCCCC(CC)CCCC(CCCCCCCC)CC(=O)OCC(CCCCN(CCCC)CCN(CCO)C1CCC1)COC(=O)CC(CCCCCC)CCCCCCCC. The van der Waals surface area contributed by atoms with Crippen molar-refractivity contribution < 1.29 is 48.3 Å². The summed E-state index contributed by atoms with van der Waals surface area (Å²) in [7, 11) is 0. The van der Waals surface area contributed by atoms with Crippen LogP contribution in [0.15, 0.2) is 0 Å². The van der Waals surface area contributed by atoms with Crippen molar-refractivity contribution in [3.05, 3.63) is 0 Å². The number of aliphatic hydroxyl groups excluding tert-OH is 2. The summed E-state index contributed by atoms with van der Waals surface area (Å²) in [6.07, 6.45) is 76.9. The highest BCUT2D eigenvalue weighted by Gasteiger charge is 2.29.